The van der Waals surface area contributed by atoms with Crippen LogP contribution in [0.2, 0.25) is 0 Å². The van der Waals surface area contributed by atoms with Crippen molar-refractivity contribution in [3.8, 4) is 0 Å². The van der Waals surface area contributed by atoms with Gasteiger partial charge in [-0.2, -0.15) is 0 Å². The maximum Gasteiger partial charge on any atom is 0.250 e. The highest BCUT2D eigenvalue weighted by atomic mass is 16.1. The summed E-state index contributed by atoms with van der Waals surface area (Å²) in [4.78, 5) is 14.4. The number of nitrogens with zero attached hydrogens (tertiary/aromatic N) is 2. The van der Waals surface area contributed by atoms with Crippen molar-refractivity contribution in [1.29, 1.82) is 0 Å². The van der Waals surface area contributed by atoms with Crippen molar-refractivity contribution < 1.29 is 0 Å². The molecular weight excluding hydrogens is 262 g/mol. The van der Waals surface area contributed by atoms with Gasteiger partial charge >= 0.3 is 0 Å². The van der Waals surface area contributed by atoms with E-state index in [1.165, 1.54) is 24.1 Å². The number of hydrogen-bond donors (Lipinski definition) is 1. The minimum Gasteiger partial charge on any atom is -0.312 e. The number of nitrogens with one attached hydrogen (secondary N) is 1. The van der Waals surface area contributed by atoms with Crippen molar-refractivity contribution in [3.05, 3.63) is 33.7 Å². The van der Waals surface area contributed by atoms with Crippen LogP contribution in [0.1, 0.15) is 49.9 Å². The first kappa shape index (κ1) is 16.2. The molecular formula is C17H29N3O. The van der Waals surface area contributed by atoms with Gasteiger partial charge in [0.25, 0.3) is 5.56 Å². The molecule has 1 unspecified atom stereocenters. The Labute approximate surface area is 128 Å². The fraction of sp³-hybridized carbons (Fsp3) is 0.706. The summed E-state index contributed by atoms with van der Waals surface area (Å²) in [5.74, 6) is 0. The van der Waals surface area contributed by atoms with E-state index in [2.05, 4.69) is 31.2 Å². The highest BCUT2D eigenvalue weighted by Crippen LogP contribution is 2.28. The quantitative estimate of drug-likeness (QED) is 0.836. The molecule has 118 valence electrons. The van der Waals surface area contributed by atoms with E-state index in [9.17, 15) is 4.79 Å². The van der Waals surface area contributed by atoms with Gasteiger partial charge in [-0.1, -0.05) is 13.0 Å². The standard InChI is InChI=1S/C17H29N3O/c1-4-11-18-15-7-5-8-16-14(15)9-10-17(21)20(16)13-6-12-19(2)3/h9-10,15,18H,4-8,11-13H2,1-3H3. The van der Waals surface area contributed by atoms with E-state index in [1.807, 2.05) is 10.6 Å². The average molecular weight is 291 g/mol. The average Bonchev–Trinajstić information content (AvgIpc) is 2.46. The molecule has 0 fully saturated rings. The Bertz CT molecular complexity index is 507. The van der Waals surface area contributed by atoms with E-state index in [0.717, 1.165) is 38.9 Å². The third-order valence-corrected chi connectivity index (χ3v) is 4.24. The SMILES string of the molecule is CCCNC1CCCc2c1ccc(=O)n2CCCN(C)C. The second-order valence-electron chi connectivity index (χ2n) is 6.28. The van der Waals surface area contributed by atoms with E-state index in [0.29, 0.717) is 6.04 Å². The lowest BCUT2D eigenvalue weighted by molar-refractivity contribution is 0.378. The van der Waals surface area contributed by atoms with Crippen LogP contribution >= 0.6 is 0 Å². The molecule has 0 spiro atoms. The number of fused-ring (bicyclic) bond motifs is 1. The maximum atomic E-state index is 12.2. The maximum absolute atomic E-state index is 12.2. The third kappa shape index (κ3) is 4.17. The van der Waals surface area contributed by atoms with Crippen LogP contribution in [0.25, 0.3) is 0 Å². The summed E-state index contributed by atoms with van der Waals surface area (Å²) >= 11 is 0. The third-order valence-electron chi connectivity index (χ3n) is 4.24. The number of rotatable bonds is 7. The van der Waals surface area contributed by atoms with Gasteiger partial charge in [0.05, 0.1) is 0 Å². The summed E-state index contributed by atoms with van der Waals surface area (Å²) in [5.41, 5.74) is 2.77. The van der Waals surface area contributed by atoms with E-state index in [1.54, 1.807) is 6.07 Å². The van der Waals surface area contributed by atoms with Gasteiger partial charge in [-0.05, 0) is 64.9 Å². The monoisotopic (exact) mass is 291 g/mol. The lowest BCUT2D eigenvalue weighted by atomic mass is 9.90. The summed E-state index contributed by atoms with van der Waals surface area (Å²) < 4.78 is 2.01. The zero-order valence-corrected chi connectivity index (χ0v) is 13.7. The molecule has 0 bridgehead atoms. The highest BCUT2D eigenvalue weighted by molar-refractivity contribution is 5.27. The Hall–Kier alpha value is -1.13. The molecule has 0 saturated carbocycles. The van der Waals surface area contributed by atoms with Crippen LogP contribution in [0.3, 0.4) is 0 Å². The summed E-state index contributed by atoms with van der Waals surface area (Å²) in [6.45, 7) is 5.09. The largest absolute Gasteiger partial charge is 0.312 e. The molecule has 0 amide bonds. The van der Waals surface area contributed by atoms with Crippen LogP contribution in [-0.2, 0) is 13.0 Å². The van der Waals surface area contributed by atoms with Gasteiger partial charge in [0, 0.05) is 24.3 Å². The fourth-order valence-corrected chi connectivity index (χ4v) is 3.18. The first-order valence-electron chi connectivity index (χ1n) is 8.24. The Morgan fingerprint density at radius 2 is 2.19 bits per heavy atom. The first-order chi connectivity index (χ1) is 10.1. The van der Waals surface area contributed by atoms with E-state index in [-0.39, 0.29) is 5.56 Å². The molecule has 1 aromatic heterocycles. The van der Waals surface area contributed by atoms with Crippen molar-refractivity contribution in [3.63, 3.8) is 0 Å². The molecule has 0 aromatic carbocycles. The molecule has 1 N–H and O–H groups in total. The normalized spacial score (nSPS) is 18.0. The van der Waals surface area contributed by atoms with Crippen LogP contribution in [0, 0.1) is 0 Å². The van der Waals surface area contributed by atoms with Gasteiger partial charge in [0.15, 0.2) is 0 Å². The van der Waals surface area contributed by atoms with Gasteiger partial charge in [-0.25, -0.2) is 0 Å². The molecule has 1 aliphatic rings. The zero-order chi connectivity index (χ0) is 15.2. The highest BCUT2D eigenvalue weighted by Gasteiger charge is 2.22. The van der Waals surface area contributed by atoms with E-state index in [4.69, 9.17) is 0 Å². The fourth-order valence-electron chi connectivity index (χ4n) is 3.18. The van der Waals surface area contributed by atoms with Crippen LogP contribution in [-0.4, -0.2) is 36.7 Å². The number of pyridine rings is 1. The number of hydrogen-bond acceptors (Lipinski definition) is 3. The molecule has 21 heavy (non-hydrogen) atoms. The Kier molecular flexibility index (Phi) is 6.00. The zero-order valence-electron chi connectivity index (χ0n) is 13.7. The van der Waals surface area contributed by atoms with E-state index >= 15 is 0 Å². The minimum absolute atomic E-state index is 0.156. The number of aromatic nitrogens is 1. The van der Waals surface area contributed by atoms with Crippen LogP contribution in [0.15, 0.2) is 16.9 Å². The minimum atomic E-state index is 0.156. The molecule has 0 radical (unpaired) electrons. The van der Waals surface area contributed by atoms with Crippen molar-refractivity contribution in [2.45, 2.75) is 51.6 Å². The van der Waals surface area contributed by atoms with Crippen molar-refractivity contribution in [2.75, 3.05) is 27.2 Å². The van der Waals surface area contributed by atoms with Crippen LogP contribution < -0.4 is 10.9 Å². The second-order valence-corrected chi connectivity index (χ2v) is 6.28. The predicted molar refractivity (Wildman–Crippen MR) is 87.8 cm³/mol. The Morgan fingerprint density at radius 3 is 2.90 bits per heavy atom. The molecule has 0 saturated heterocycles. The van der Waals surface area contributed by atoms with Crippen LogP contribution in [0.5, 0.6) is 0 Å². The van der Waals surface area contributed by atoms with Gasteiger partial charge in [0.2, 0.25) is 0 Å². The molecule has 4 heteroatoms. The molecule has 1 atom stereocenters. The summed E-state index contributed by atoms with van der Waals surface area (Å²) in [5, 5.41) is 3.62. The summed E-state index contributed by atoms with van der Waals surface area (Å²) in [6.07, 6.45) is 5.57. The molecule has 0 aliphatic heterocycles. The summed E-state index contributed by atoms with van der Waals surface area (Å²) in [6, 6.07) is 4.22. The van der Waals surface area contributed by atoms with Crippen molar-refractivity contribution >= 4 is 0 Å². The topological polar surface area (TPSA) is 37.3 Å². The van der Waals surface area contributed by atoms with Gasteiger partial charge in [0.1, 0.15) is 0 Å². The second kappa shape index (κ2) is 7.76. The lowest BCUT2D eigenvalue weighted by Gasteiger charge is -2.29. The Morgan fingerprint density at radius 1 is 1.38 bits per heavy atom. The van der Waals surface area contributed by atoms with Crippen molar-refractivity contribution in [2.24, 2.45) is 0 Å². The van der Waals surface area contributed by atoms with Gasteiger partial charge in [-0.3, -0.25) is 4.79 Å². The van der Waals surface area contributed by atoms with Crippen LogP contribution in [0.4, 0.5) is 0 Å². The van der Waals surface area contributed by atoms with E-state index < -0.39 is 0 Å². The van der Waals surface area contributed by atoms with Crippen molar-refractivity contribution in [1.82, 2.24) is 14.8 Å². The first-order valence-corrected chi connectivity index (χ1v) is 8.24. The smallest absolute Gasteiger partial charge is 0.250 e. The lowest BCUT2D eigenvalue weighted by Crippen LogP contribution is -2.32. The molecule has 1 heterocycles. The molecule has 4 nitrogen and oxygen atoms in total. The predicted octanol–water partition coefficient (Wildman–Crippen LogP) is 2.18. The van der Waals surface area contributed by atoms with Gasteiger partial charge in [-0.15, -0.1) is 0 Å². The molecule has 2 rings (SSSR count). The molecule has 1 aromatic rings. The summed E-state index contributed by atoms with van der Waals surface area (Å²) in [7, 11) is 4.15. The Balaban J connectivity index is 2.19. The van der Waals surface area contributed by atoms with Gasteiger partial charge < -0.3 is 14.8 Å². The molecule has 1 aliphatic carbocycles.